The minimum Gasteiger partial charge on any atom is -0.0683 e. The van der Waals surface area contributed by atoms with Crippen molar-refractivity contribution in [3.8, 4) is 0 Å². The van der Waals surface area contributed by atoms with Gasteiger partial charge in [-0.25, -0.2) is 0 Å². The average Bonchev–Trinajstić information content (AvgIpc) is 2.77. The fourth-order valence-electron chi connectivity index (χ4n) is 4.16. The van der Waals surface area contributed by atoms with Gasteiger partial charge in [-0.3, -0.25) is 0 Å². The summed E-state index contributed by atoms with van der Waals surface area (Å²) in [5.41, 5.74) is 6.86. The number of allylic oxidation sites excluding steroid dienone is 4. The number of hydrogen-bond acceptors (Lipinski definition) is 0. The van der Waals surface area contributed by atoms with E-state index in [1.54, 1.807) is 22.3 Å². The Morgan fingerprint density at radius 3 is 0.909 bits per heavy atom. The maximum absolute atomic E-state index is 2.40. The molecule has 0 unspecified atom stereocenters. The SMILES string of the molecule is CC.CC(C)C1=C(C(C)C)C(C(C)C)C(C(C)C)=C1C(C)C. The molecule has 0 nitrogen and oxygen atoms in total. The predicted molar refractivity (Wildman–Crippen MR) is 103 cm³/mol. The van der Waals surface area contributed by atoms with Gasteiger partial charge in [0.25, 0.3) is 0 Å². The van der Waals surface area contributed by atoms with Gasteiger partial charge in [0.1, 0.15) is 0 Å². The Hall–Kier alpha value is -0.520. The Kier molecular flexibility index (Phi) is 8.73. The minimum atomic E-state index is 0.641. The van der Waals surface area contributed by atoms with E-state index in [-0.39, 0.29) is 0 Å². The molecule has 0 bridgehead atoms. The summed E-state index contributed by atoms with van der Waals surface area (Å²) in [6.45, 7) is 27.8. The molecule has 0 aliphatic heterocycles. The minimum absolute atomic E-state index is 0.641. The molecule has 0 heterocycles. The van der Waals surface area contributed by atoms with Gasteiger partial charge in [0, 0.05) is 5.92 Å². The molecule has 0 saturated carbocycles. The zero-order valence-electron chi connectivity index (χ0n) is 17.5. The van der Waals surface area contributed by atoms with Crippen LogP contribution < -0.4 is 0 Å². The van der Waals surface area contributed by atoms with Crippen molar-refractivity contribution in [1.29, 1.82) is 0 Å². The Morgan fingerprint density at radius 1 is 0.500 bits per heavy atom. The Balaban J connectivity index is 0.00000211. The summed E-state index contributed by atoms with van der Waals surface area (Å²) in [6, 6.07) is 0. The molecule has 0 N–H and O–H groups in total. The van der Waals surface area contributed by atoms with Crippen LogP contribution in [0.3, 0.4) is 0 Å². The predicted octanol–water partition coefficient (Wildman–Crippen LogP) is 7.52. The fourth-order valence-corrected chi connectivity index (χ4v) is 4.16. The molecule has 1 aliphatic rings. The molecular weight excluding hydrogens is 264 g/mol. The molecule has 1 rings (SSSR count). The lowest BCUT2D eigenvalue weighted by molar-refractivity contribution is 0.436. The third kappa shape index (κ3) is 4.27. The second-order valence-electron chi connectivity index (χ2n) is 8.08. The lowest BCUT2D eigenvalue weighted by Gasteiger charge is -2.28. The van der Waals surface area contributed by atoms with Gasteiger partial charge in [-0.2, -0.15) is 0 Å². The molecule has 0 spiro atoms. The second-order valence-corrected chi connectivity index (χ2v) is 8.08. The molecule has 0 aromatic heterocycles. The van der Waals surface area contributed by atoms with Crippen LogP contribution in [0.1, 0.15) is 83.1 Å². The fraction of sp³-hybridized carbons (Fsp3) is 0.818. The molecule has 22 heavy (non-hydrogen) atoms. The molecule has 0 aromatic carbocycles. The first kappa shape index (κ1) is 21.5. The monoisotopic (exact) mass is 306 g/mol. The van der Waals surface area contributed by atoms with Crippen LogP contribution in [-0.4, -0.2) is 0 Å². The van der Waals surface area contributed by atoms with Gasteiger partial charge in [-0.05, 0) is 40.7 Å². The van der Waals surface area contributed by atoms with Crippen molar-refractivity contribution in [2.45, 2.75) is 83.1 Å². The van der Waals surface area contributed by atoms with Gasteiger partial charge in [-0.1, -0.05) is 94.2 Å². The topological polar surface area (TPSA) is 0 Å². The van der Waals surface area contributed by atoms with Crippen molar-refractivity contribution < 1.29 is 0 Å². The summed E-state index contributed by atoms with van der Waals surface area (Å²) < 4.78 is 0. The van der Waals surface area contributed by atoms with Gasteiger partial charge in [0.2, 0.25) is 0 Å². The number of hydrogen-bond donors (Lipinski definition) is 0. The standard InChI is InChI=1S/C20H36.C2H6/c1-11(2)16-17(12(3)4)19(14(7)8)20(15(9)10)18(16)13(5)6;1-2/h11-16H,1-10H3;1-2H3. The van der Waals surface area contributed by atoms with E-state index in [1.807, 2.05) is 13.8 Å². The quantitative estimate of drug-likeness (QED) is 0.493. The van der Waals surface area contributed by atoms with Crippen LogP contribution in [0.25, 0.3) is 0 Å². The summed E-state index contributed by atoms with van der Waals surface area (Å²) >= 11 is 0. The van der Waals surface area contributed by atoms with Crippen LogP contribution in [0.5, 0.6) is 0 Å². The van der Waals surface area contributed by atoms with Gasteiger partial charge in [0.05, 0.1) is 0 Å². The summed E-state index contributed by atoms with van der Waals surface area (Å²) in [5, 5.41) is 0. The van der Waals surface area contributed by atoms with Crippen molar-refractivity contribution in [3.05, 3.63) is 22.3 Å². The van der Waals surface area contributed by atoms with E-state index in [2.05, 4.69) is 69.2 Å². The maximum Gasteiger partial charge on any atom is 0.00472 e. The van der Waals surface area contributed by atoms with Gasteiger partial charge in [0.15, 0.2) is 0 Å². The first-order chi connectivity index (χ1) is 10.1. The molecule has 0 saturated heterocycles. The zero-order chi connectivity index (χ0) is 17.8. The van der Waals surface area contributed by atoms with E-state index in [4.69, 9.17) is 0 Å². The zero-order valence-corrected chi connectivity index (χ0v) is 17.5. The summed E-state index contributed by atoms with van der Waals surface area (Å²) in [6.07, 6.45) is 0. The van der Waals surface area contributed by atoms with Crippen molar-refractivity contribution >= 4 is 0 Å². The maximum atomic E-state index is 2.40. The van der Waals surface area contributed by atoms with Gasteiger partial charge >= 0.3 is 0 Å². The van der Waals surface area contributed by atoms with Gasteiger partial charge < -0.3 is 0 Å². The highest BCUT2D eigenvalue weighted by Gasteiger charge is 2.38. The average molecular weight is 307 g/mol. The number of rotatable bonds is 5. The first-order valence-electron chi connectivity index (χ1n) is 9.59. The highest BCUT2D eigenvalue weighted by atomic mass is 14.4. The summed E-state index contributed by atoms with van der Waals surface area (Å²) in [4.78, 5) is 0. The smallest absolute Gasteiger partial charge is 0.00472 e. The van der Waals surface area contributed by atoms with Crippen molar-refractivity contribution in [2.75, 3.05) is 0 Å². The van der Waals surface area contributed by atoms with Crippen LogP contribution in [-0.2, 0) is 0 Å². The largest absolute Gasteiger partial charge is 0.0683 e. The molecule has 0 atom stereocenters. The molecule has 1 aliphatic carbocycles. The lowest BCUT2D eigenvalue weighted by atomic mass is 9.76. The molecule has 0 radical (unpaired) electrons. The first-order valence-corrected chi connectivity index (χ1v) is 9.59. The summed E-state index contributed by atoms with van der Waals surface area (Å²) in [7, 11) is 0. The van der Waals surface area contributed by atoms with E-state index < -0.39 is 0 Å². The second kappa shape index (κ2) is 8.94. The Labute approximate surface area is 141 Å². The van der Waals surface area contributed by atoms with Crippen LogP contribution in [0, 0.1) is 35.5 Å². The van der Waals surface area contributed by atoms with Crippen LogP contribution in [0.15, 0.2) is 22.3 Å². The van der Waals surface area contributed by atoms with E-state index in [9.17, 15) is 0 Å². The van der Waals surface area contributed by atoms with Crippen molar-refractivity contribution in [3.63, 3.8) is 0 Å². The highest BCUT2D eigenvalue weighted by molar-refractivity contribution is 5.53. The van der Waals surface area contributed by atoms with Crippen LogP contribution >= 0.6 is 0 Å². The highest BCUT2D eigenvalue weighted by Crippen LogP contribution is 2.51. The normalized spacial score (nSPS) is 16.8. The van der Waals surface area contributed by atoms with Gasteiger partial charge in [-0.15, -0.1) is 0 Å². The molecule has 0 fully saturated rings. The Bertz CT molecular complexity index is 364. The lowest BCUT2D eigenvalue weighted by Crippen LogP contribution is -2.19. The Morgan fingerprint density at radius 2 is 0.773 bits per heavy atom. The molecular formula is C22H42. The van der Waals surface area contributed by atoms with Crippen LogP contribution in [0.2, 0.25) is 0 Å². The molecule has 130 valence electrons. The molecule has 0 amide bonds. The third-order valence-electron chi connectivity index (χ3n) is 4.65. The van der Waals surface area contributed by atoms with E-state index in [1.165, 1.54) is 0 Å². The van der Waals surface area contributed by atoms with Crippen LogP contribution in [0.4, 0.5) is 0 Å². The summed E-state index contributed by atoms with van der Waals surface area (Å²) in [5.74, 6) is 3.97. The molecule has 0 aromatic rings. The van der Waals surface area contributed by atoms with Crippen molar-refractivity contribution in [2.24, 2.45) is 35.5 Å². The molecule has 0 heteroatoms. The third-order valence-corrected chi connectivity index (χ3v) is 4.65. The van der Waals surface area contributed by atoms with Crippen molar-refractivity contribution in [1.82, 2.24) is 0 Å². The van der Waals surface area contributed by atoms with E-state index >= 15 is 0 Å². The van der Waals surface area contributed by atoms with E-state index in [0.717, 1.165) is 0 Å². The van der Waals surface area contributed by atoms with E-state index in [0.29, 0.717) is 35.5 Å².